The Labute approximate surface area is 193 Å². The molecular weight excluding hydrogens is 472 g/mol. The third kappa shape index (κ3) is 4.09. The number of hydrogen-bond donors (Lipinski definition) is 3. The summed E-state index contributed by atoms with van der Waals surface area (Å²) in [6.07, 6.45) is -1.35. The molecule has 3 aromatic rings. The summed E-state index contributed by atoms with van der Waals surface area (Å²) in [5, 5.41) is 21.7. The number of ether oxygens (including phenoxy) is 1. The lowest BCUT2D eigenvalue weighted by Gasteiger charge is -2.30. The molecule has 0 radical (unpaired) electrons. The number of nitrogens with two attached hydrogens (primary N) is 1. The summed E-state index contributed by atoms with van der Waals surface area (Å²) in [4.78, 5) is 12.2. The highest BCUT2D eigenvalue weighted by molar-refractivity contribution is 7.48. The zero-order chi connectivity index (χ0) is 24.1. The highest BCUT2D eigenvalue weighted by Gasteiger charge is 2.54. The van der Waals surface area contributed by atoms with E-state index in [1.54, 1.807) is 6.07 Å². The zero-order valence-electron chi connectivity index (χ0n) is 18.0. The second kappa shape index (κ2) is 8.61. The summed E-state index contributed by atoms with van der Waals surface area (Å²) in [6, 6.07) is 5.76. The SMILES string of the molecule is C[C@@]1(O)[C@H](O)[C@@H](COP2(=O)OCCC(c3cccc(F)c3)O2)O[C@H]1n1cnc2c(N)ncnc21. The summed E-state index contributed by atoms with van der Waals surface area (Å²) in [6.45, 7) is 1.04. The number of phosphoric ester groups is 1. The number of hydrogen-bond acceptors (Lipinski definition) is 11. The topological polar surface area (TPSA) is 164 Å². The number of imidazole rings is 1. The predicted molar refractivity (Wildman–Crippen MR) is 115 cm³/mol. The molecule has 2 unspecified atom stereocenters. The standard InChI is InChI=1S/C20H23FN5O7P/c1-20(28)16(27)14(32-19(20)26-10-25-15-17(22)23-9-24-18(15)26)8-31-34(29)30-6-5-13(33-34)11-3-2-4-12(21)7-11/h2-4,7,9-10,13-14,16,19,27-28H,5-6,8H2,1H3,(H2,22,23,24)/t13?,14-,16-,19-,20-,34?/m1/s1. The molecule has 0 aliphatic carbocycles. The lowest BCUT2D eigenvalue weighted by Crippen LogP contribution is -2.44. The van der Waals surface area contributed by atoms with E-state index in [1.165, 1.54) is 42.3 Å². The van der Waals surface area contributed by atoms with Crippen LogP contribution in [0, 0.1) is 5.82 Å². The van der Waals surface area contributed by atoms with Gasteiger partial charge >= 0.3 is 7.82 Å². The number of nitrogen functional groups attached to an aromatic ring is 1. The molecule has 2 aromatic heterocycles. The van der Waals surface area contributed by atoms with Gasteiger partial charge in [-0.2, -0.15) is 0 Å². The van der Waals surface area contributed by atoms with Crippen molar-refractivity contribution in [1.82, 2.24) is 19.5 Å². The fourth-order valence-corrected chi connectivity index (χ4v) is 5.49. The number of halogens is 1. The molecule has 4 heterocycles. The van der Waals surface area contributed by atoms with Crippen LogP contribution in [0.1, 0.15) is 31.2 Å². The maximum absolute atomic E-state index is 13.6. The largest absolute Gasteiger partial charge is 0.475 e. The average molecular weight is 495 g/mol. The van der Waals surface area contributed by atoms with E-state index < -0.39 is 50.4 Å². The van der Waals surface area contributed by atoms with E-state index in [0.29, 0.717) is 23.1 Å². The van der Waals surface area contributed by atoms with Crippen molar-refractivity contribution in [2.24, 2.45) is 0 Å². The summed E-state index contributed by atoms with van der Waals surface area (Å²) >= 11 is 0. The average Bonchev–Trinajstić information content (AvgIpc) is 3.32. The molecule has 1 aromatic carbocycles. The van der Waals surface area contributed by atoms with Crippen LogP contribution in [-0.4, -0.2) is 60.8 Å². The maximum Gasteiger partial charge on any atom is 0.475 e. The summed E-state index contributed by atoms with van der Waals surface area (Å²) in [5.74, 6) is -0.294. The van der Waals surface area contributed by atoms with Crippen molar-refractivity contribution in [1.29, 1.82) is 0 Å². The lowest BCUT2D eigenvalue weighted by atomic mass is 9.96. The van der Waals surface area contributed by atoms with Gasteiger partial charge < -0.3 is 20.7 Å². The van der Waals surface area contributed by atoms with Gasteiger partial charge in [-0.05, 0) is 24.6 Å². The van der Waals surface area contributed by atoms with Crippen molar-refractivity contribution >= 4 is 24.8 Å². The Morgan fingerprint density at radius 2 is 2.21 bits per heavy atom. The van der Waals surface area contributed by atoms with Crippen LogP contribution in [0.15, 0.2) is 36.9 Å². The molecule has 0 saturated carbocycles. The third-order valence-electron chi connectivity index (χ3n) is 5.90. The van der Waals surface area contributed by atoms with Crippen molar-refractivity contribution in [3.8, 4) is 0 Å². The fraction of sp³-hybridized carbons (Fsp3) is 0.450. The van der Waals surface area contributed by atoms with E-state index in [1.807, 2.05) is 0 Å². The molecule has 0 spiro atoms. The van der Waals surface area contributed by atoms with E-state index in [-0.39, 0.29) is 12.4 Å². The van der Waals surface area contributed by atoms with Gasteiger partial charge in [-0.25, -0.2) is 23.9 Å². The first kappa shape index (κ1) is 23.2. The normalized spacial score (nSPS) is 34.0. The van der Waals surface area contributed by atoms with Crippen LogP contribution in [0.2, 0.25) is 0 Å². The van der Waals surface area contributed by atoms with E-state index in [0.717, 1.165) is 0 Å². The van der Waals surface area contributed by atoms with Gasteiger partial charge in [0.15, 0.2) is 17.7 Å². The number of fused-ring (bicyclic) bond motifs is 1. The maximum atomic E-state index is 13.6. The molecule has 0 amide bonds. The Kier molecular flexibility index (Phi) is 5.89. The first-order chi connectivity index (χ1) is 16.2. The molecule has 14 heteroatoms. The number of aliphatic hydroxyl groups excluding tert-OH is 1. The van der Waals surface area contributed by atoms with E-state index >= 15 is 0 Å². The Hall–Kier alpha value is -2.51. The number of nitrogens with zero attached hydrogens (tertiary/aromatic N) is 4. The molecule has 0 bridgehead atoms. The van der Waals surface area contributed by atoms with Gasteiger partial charge in [0.05, 0.1) is 25.6 Å². The third-order valence-corrected chi connectivity index (χ3v) is 7.37. The predicted octanol–water partition coefficient (Wildman–Crippen LogP) is 1.86. The molecule has 12 nitrogen and oxygen atoms in total. The second-order valence-corrected chi connectivity index (χ2v) is 9.92. The van der Waals surface area contributed by atoms with Crippen LogP contribution in [-0.2, 0) is 22.9 Å². The van der Waals surface area contributed by atoms with Gasteiger partial charge in [-0.15, -0.1) is 0 Å². The Balaban J connectivity index is 1.31. The Bertz CT molecular complexity index is 1260. The molecule has 182 valence electrons. The van der Waals surface area contributed by atoms with Gasteiger partial charge in [-0.1, -0.05) is 12.1 Å². The number of aliphatic hydroxyl groups is 2. The van der Waals surface area contributed by atoms with Crippen LogP contribution in [0.25, 0.3) is 11.2 Å². The van der Waals surface area contributed by atoms with Crippen LogP contribution >= 0.6 is 7.82 Å². The van der Waals surface area contributed by atoms with Gasteiger partial charge in [-0.3, -0.25) is 18.1 Å². The van der Waals surface area contributed by atoms with Crippen molar-refractivity contribution in [2.45, 2.75) is 43.5 Å². The fourth-order valence-electron chi connectivity index (χ4n) is 4.10. The number of benzene rings is 1. The first-order valence-corrected chi connectivity index (χ1v) is 12.0. The van der Waals surface area contributed by atoms with Gasteiger partial charge in [0.2, 0.25) is 0 Å². The molecule has 2 aliphatic rings. The monoisotopic (exact) mass is 495 g/mol. The van der Waals surface area contributed by atoms with Gasteiger partial charge in [0.1, 0.15) is 35.5 Å². The molecule has 5 rings (SSSR count). The van der Waals surface area contributed by atoms with Gasteiger partial charge in [0, 0.05) is 6.42 Å². The molecule has 2 fully saturated rings. The van der Waals surface area contributed by atoms with Crippen molar-refractivity contribution in [3.05, 3.63) is 48.3 Å². The smallest absolute Gasteiger partial charge is 0.387 e. The lowest BCUT2D eigenvalue weighted by molar-refractivity contribution is -0.0953. The highest BCUT2D eigenvalue weighted by atomic mass is 31.2. The van der Waals surface area contributed by atoms with E-state index in [4.69, 9.17) is 24.0 Å². The quantitative estimate of drug-likeness (QED) is 0.443. The van der Waals surface area contributed by atoms with Gasteiger partial charge in [0.25, 0.3) is 0 Å². The summed E-state index contributed by atoms with van der Waals surface area (Å²) in [5.41, 5.74) is 5.15. The minimum Gasteiger partial charge on any atom is -0.387 e. The zero-order valence-corrected chi connectivity index (χ0v) is 18.9. The van der Waals surface area contributed by atoms with Crippen molar-refractivity contribution < 1.29 is 37.5 Å². The number of aromatic nitrogens is 4. The summed E-state index contributed by atoms with van der Waals surface area (Å²) < 4.78 is 50.1. The summed E-state index contributed by atoms with van der Waals surface area (Å²) in [7, 11) is -4.05. The van der Waals surface area contributed by atoms with E-state index in [2.05, 4.69) is 15.0 Å². The Morgan fingerprint density at radius 1 is 1.38 bits per heavy atom. The highest BCUT2D eigenvalue weighted by Crippen LogP contribution is 2.57. The minimum absolute atomic E-state index is 0.0645. The van der Waals surface area contributed by atoms with E-state index in [9.17, 15) is 19.2 Å². The number of phosphoric acid groups is 1. The molecule has 4 N–H and O–H groups in total. The molecule has 34 heavy (non-hydrogen) atoms. The van der Waals surface area contributed by atoms with Crippen LogP contribution in [0.5, 0.6) is 0 Å². The van der Waals surface area contributed by atoms with Crippen molar-refractivity contribution in [2.75, 3.05) is 18.9 Å². The molecule has 2 aliphatic heterocycles. The van der Waals surface area contributed by atoms with Crippen LogP contribution in [0.4, 0.5) is 10.2 Å². The Morgan fingerprint density at radius 3 is 3.00 bits per heavy atom. The minimum atomic E-state index is -4.05. The van der Waals surface area contributed by atoms with Crippen LogP contribution < -0.4 is 5.73 Å². The first-order valence-electron chi connectivity index (χ1n) is 10.5. The number of anilines is 1. The molecular formula is C20H23FN5O7P. The second-order valence-electron chi connectivity index (χ2n) is 8.29. The van der Waals surface area contributed by atoms with Crippen molar-refractivity contribution in [3.63, 3.8) is 0 Å². The number of rotatable bonds is 5. The molecule has 2 saturated heterocycles. The van der Waals surface area contributed by atoms with Crippen LogP contribution in [0.3, 0.4) is 0 Å². The molecule has 6 atom stereocenters.